The molecule has 0 aliphatic heterocycles. The van der Waals surface area contributed by atoms with Crippen LogP contribution < -0.4 is 0 Å². The highest BCUT2D eigenvalue weighted by Crippen LogP contribution is 2.41. The molecule has 0 heterocycles. The lowest BCUT2D eigenvalue weighted by Crippen LogP contribution is -2.57. The average Bonchev–Trinajstić information content (AvgIpc) is 2.37. The van der Waals surface area contributed by atoms with Gasteiger partial charge >= 0.3 is 46.6 Å². The quantitative estimate of drug-likeness (QED) is 0.336. The first kappa shape index (κ1) is 29.8. The second kappa shape index (κ2) is 9.00. The van der Waals surface area contributed by atoms with Crippen LogP contribution in [0, 0.1) is 0 Å². The van der Waals surface area contributed by atoms with E-state index in [1.54, 1.807) is 0 Å². The molecule has 0 saturated heterocycles. The van der Waals surface area contributed by atoms with Crippen molar-refractivity contribution >= 4 is 9.53 Å². The zero-order chi connectivity index (χ0) is 25.4. The normalized spacial score (nSPS) is 15.7. The summed E-state index contributed by atoms with van der Waals surface area (Å²) < 4.78 is 230. The van der Waals surface area contributed by atoms with E-state index < -0.39 is 64.9 Å². The van der Waals surface area contributed by atoms with Crippen molar-refractivity contribution < 1.29 is 92.3 Å². The lowest BCUT2D eigenvalue weighted by atomic mass is 10.3. The molecule has 0 aromatic carbocycles. The summed E-state index contributed by atoms with van der Waals surface area (Å²) in [7, 11) is -6.36. The van der Waals surface area contributed by atoms with Crippen LogP contribution in [0.25, 0.3) is 0 Å². The second-order valence-electron chi connectivity index (χ2n) is 4.99. The lowest BCUT2D eigenvalue weighted by Gasteiger charge is -2.32. The minimum atomic E-state index is -6.78. The average molecular weight is 529 g/mol. The highest BCUT2D eigenvalue weighted by molar-refractivity contribution is 6.36. The summed E-state index contributed by atoms with van der Waals surface area (Å²) >= 11 is 0. The zero-order valence-corrected chi connectivity index (χ0v) is 14.3. The number of hydrogen-bond donors (Lipinski definition) is 0. The summed E-state index contributed by atoms with van der Waals surface area (Å²) in [6, 6.07) is 0. The summed E-state index contributed by atoms with van der Waals surface area (Å²) in [6.45, 7) is 0. The number of rotatable bonds is 6. The van der Waals surface area contributed by atoms with Crippen LogP contribution in [0.5, 0.6) is 0 Å². The Labute approximate surface area is 158 Å². The number of alkyl halides is 18. The molecule has 0 aliphatic carbocycles. The Morgan fingerprint density at radius 1 is 0.323 bits per heavy atom. The molecule has 0 aromatic heterocycles. The van der Waals surface area contributed by atoms with E-state index in [1.807, 2.05) is 0 Å². The summed E-state index contributed by atoms with van der Waals surface area (Å²) in [5, 5.41) is 0. The molecule has 0 atom stereocenters. The molecular formula is C9H3F18O3Si. The van der Waals surface area contributed by atoms with Gasteiger partial charge in [-0.15, -0.1) is 0 Å². The number of halogens is 18. The highest BCUT2D eigenvalue weighted by Gasteiger charge is 2.66. The van der Waals surface area contributed by atoms with Gasteiger partial charge in [0.05, 0.1) is 0 Å². The molecule has 0 rings (SSSR count). The molecule has 0 fully saturated rings. The van der Waals surface area contributed by atoms with Crippen LogP contribution in [0.1, 0.15) is 0 Å². The van der Waals surface area contributed by atoms with E-state index in [0.29, 0.717) is 0 Å². The molecule has 31 heavy (non-hydrogen) atoms. The minimum absolute atomic E-state index is 2.63. The Bertz CT molecular complexity index is 444. The Hall–Kier alpha value is -1.16. The van der Waals surface area contributed by atoms with Crippen molar-refractivity contribution in [1.29, 1.82) is 0 Å². The van der Waals surface area contributed by atoms with E-state index in [1.165, 1.54) is 0 Å². The largest absolute Gasteiger partial charge is 0.580 e. The molecule has 22 heteroatoms. The monoisotopic (exact) mass is 529 g/mol. The molecule has 3 nitrogen and oxygen atoms in total. The van der Waals surface area contributed by atoms with Gasteiger partial charge in [0.2, 0.25) is 18.3 Å². The standard InChI is InChI=1S/C9H3F18O3Si/c10-4(11,12)1(5(13,14)15)28-31(29-2(6(16,17)18)7(19,20)21)30-3(8(22,23)24)9(25,26)27/h1-3H. The minimum Gasteiger partial charge on any atom is -0.351 e. The van der Waals surface area contributed by atoms with Crippen molar-refractivity contribution in [1.82, 2.24) is 0 Å². The first-order valence-corrected chi connectivity index (χ1v) is 7.68. The summed E-state index contributed by atoms with van der Waals surface area (Å²) in [5.41, 5.74) is 0. The van der Waals surface area contributed by atoms with Gasteiger partial charge in [-0.25, -0.2) is 0 Å². The second-order valence-corrected chi connectivity index (χ2v) is 6.20. The number of hydrogen-bond acceptors (Lipinski definition) is 3. The highest BCUT2D eigenvalue weighted by atomic mass is 28.3. The van der Waals surface area contributed by atoms with Crippen molar-refractivity contribution in [2.24, 2.45) is 0 Å². The lowest BCUT2D eigenvalue weighted by molar-refractivity contribution is -0.337. The van der Waals surface area contributed by atoms with Crippen LogP contribution in [0.15, 0.2) is 0 Å². The van der Waals surface area contributed by atoms with Crippen LogP contribution in [-0.2, 0) is 13.3 Å². The maximum absolute atomic E-state index is 12.4. The van der Waals surface area contributed by atoms with Crippen LogP contribution in [0.4, 0.5) is 79.0 Å². The smallest absolute Gasteiger partial charge is 0.351 e. The summed E-state index contributed by atoms with van der Waals surface area (Å²) in [4.78, 5) is 0. The van der Waals surface area contributed by atoms with Gasteiger partial charge in [0.25, 0.3) is 0 Å². The van der Waals surface area contributed by atoms with E-state index in [2.05, 4.69) is 13.3 Å². The van der Waals surface area contributed by atoms with E-state index in [4.69, 9.17) is 0 Å². The fraction of sp³-hybridized carbons (Fsp3) is 1.00. The van der Waals surface area contributed by atoms with Crippen molar-refractivity contribution in [2.45, 2.75) is 55.4 Å². The third-order valence-corrected chi connectivity index (χ3v) is 3.71. The molecule has 0 aliphatic rings. The molecule has 187 valence electrons. The fourth-order valence-corrected chi connectivity index (χ4v) is 2.88. The molecule has 0 spiro atoms. The van der Waals surface area contributed by atoms with Crippen molar-refractivity contribution in [2.75, 3.05) is 0 Å². The fourth-order valence-electron chi connectivity index (χ4n) is 1.33. The van der Waals surface area contributed by atoms with E-state index in [-0.39, 0.29) is 0 Å². The van der Waals surface area contributed by atoms with Gasteiger partial charge in [-0.1, -0.05) is 0 Å². The van der Waals surface area contributed by atoms with Gasteiger partial charge in [0.15, 0.2) is 0 Å². The van der Waals surface area contributed by atoms with E-state index in [9.17, 15) is 79.0 Å². The molecule has 0 bridgehead atoms. The molecule has 0 unspecified atom stereocenters. The van der Waals surface area contributed by atoms with Crippen LogP contribution in [0.2, 0.25) is 0 Å². The first-order valence-electron chi connectivity index (χ1n) is 6.45. The molecule has 1 radical (unpaired) electrons. The van der Waals surface area contributed by atoms with Crippen LogP contribution in [0.3, 0.4) is 0 Å². The van der Waals surface area contributed by atoms with Gasteiger partial charge in [-0.3, -0.25) is 0 Å². The van der Waals surface area contributed by atoms with Crippen molar-refractivity contribution in [3.8, 4) is 0 Å². The van der Waals surface area contributed by atoms with E-state index >= 15 is 0 Å². The molecule has 0 aromatic rings. The Kier molecular flexibility index (Phi) is 8.66. The van der Waals surface area contributed by atoms with Crippen molar-refractivity contribution in [3.05, 3.63) is 0 Å². The topological polar surface area (TPSA) is 27.7 Å². The molecular weight excluding hydrogens is 526 g/mol. The maximum atomic E-state index is 12.4. The Morgan fingerprint density at radius 2 is 0.452 bits per heavy atom. The zero-order valence-electron chi connectivity index (χ0n) is 13.3. The molecule has 0 amide bonds. The predicted octanol–water partition coefficient (Wildman–Crippen LogP) is 5.50. The Morgan fingerprint density at radius 3 is 0.548 bits per heavy atom. The van der Waals surface area contributed by atoms with E-state index in [0.717, 1.165) is 0 Å². The third-order valence-electron chi connectivity index (χ3n) is 2.43. The van der Waals surface area contributed by atoms with Gasteiger partial charge in [0.1, 0.15) is 0 Å². The van der Waals surface area contributed by atoms with Gasteiger partial charge in [0, 0.05) is 0 Å². The maximum Gasteiger partial charge on any atom is 0.580 e. The summed E-state index contributed by atoms with van der Waals surface area (Å²) in [6.07, 6.45) is -57.1. The van der Waals surface area contributed by atoms with Gasteiger partial charge in [-0.05, 0) is 0 Å². The first-order chi connectivity index (χ1) is 13.2. The van der Waals surface area contributed by atoms with Gasteiger partial charge in [-0.2, -0.15) is 79.0 Å². The Balaban J connectivity index is 6.36. The summed E-state index contributed by atoms with van der Waals surface area (Å²) in [5.74, 6) is 0. The van der Waals surface area contributed by atoms with Gasteiger partial charge < -0.3 is 13.3 Å². The SMILES string of the molecule is FC(F)(F)C(O[Si](OC(C(F)(F)F)C(F)(F)F)OC(C(F)(F)F)C(F)(F)F)C(F)(F)F. The van der Waals surface area contributed by atoms with Crippen LogP contribution in [-0.4, -0.2) is 64.9 Å². The molecule has 0 N–H and O–H groups in total. The van der Waals surface area contributed by atoms with Crippen LogP contribution >= 0.6 is 0 Å². The van der Waals surface area contributed by atoms with Crippen molar-refractivity contribution in [3.63, 3.8) is 0 Å². The predicted molar refractivity (Wildman–Crippen MR) is 56.7 cm³/mol. The molecule has 0 saturated carbocycles. The third kappa shape index (κ3) is 9.47.